The molecule has 1 aliphatic heterocycles. The Morgan fingerprint density at radius 1 is 1.35 bits per heavy atom. The molecule has 0 aromatic heterocycles. The fraction of sp³-hybridized carbons (Fsp3) is 0.538. The zero-order valence-corrected chi connectivity index (χ0v) is 11.4. The van der Waals surface area contributed by atoms with Gasteiger partial charge in [-0.2, -0.15) is 0 Å². The van der Waals surface area contributed by atoms with Crippen molar-refractivity contribution < 1.29 is 4.74 Å². The van der Waals surface area contributed by atoms with E-state index in [1.54, 1.807) is 0 Å². The molecule has 0 radical (unpaired) electrons. The lowest BCUT2D eigenvalue weighted by Gasteiger charge is -2.27. The number of para-hydroxylation sites is 1. The first kappa shape index (κ1) is 13.0. The molecule has 1 heterocycles. The third-order valence-corrected chi connectivity index (χ3v) is 4.34. The molecule has 2 nitrogen and oxygen atoms in total. The minimum atomic E-state index is -0.208. The number of ether oxygens (including phenoxy) is 1. The van der Waals surface area contributed by atoms with Crippen LogP contribution >= 0.6 is 23.2 Å². The van der Waals surface area contributed by atoms with Crippen LogP contribution in [0, 0.1) is 0 Å². The van der Waals surface area contributed by atoms with Crippen LogP contribution in [0.3, 0.4) is 0 Å². The zero-order chi connectivity index (χ0) is 12.3. The number of fused-ring (bicyclic) bond motifs is 1. The van der Waals surface area contributed by atoms with Crippen LogP contribution in [-0.4, -0.2) is 30.5 Å². The maximum absolute atomic E-state index is 5.92. The third kappa shape index (κ3) is 2.87. The number of benzene rings is 1. The van der Waals surface area contributed by atoms with Crippen molar-refractivity contribution in [3.8, 4) is 5.75 Å². The van der Waals surface area contributed by atoms with Gasteiger partial charge in [0.25, 0.3) is 0 Å². The van der Waals surface area contributed by atoms with E-state index in [2.05, 4.69) is 11.4 Å². The van der Waals surface area contributed by atoms with Crippen molar-refractivity contribution in [2.75, 3.05) is 24.9 Å². The summed E-state index contributed by atoms with van der Waals surface area (Å²) in [5.74, 6) is 2.40. The third-order valence-electron chi connectivity index (χ3n) is 3.16. The number of hydrogen-bond donors (Lipinski definition) is 1. The van der Waals surface area contributed by atoms with Crippen LogP contribution in [0.2, 0.25) is 0 Å². The average molecular weight is 274 g/mol. The molecule has 0 fully saturated rings. The average Bonchev–Trinajstić information content (AvgIpc) is 2.79. The van der Waals surface area contributed by atoms with Gasteiger partial charge in [-0.25, -0.2) is 0 Å². The van der Waals surface area contributed by atoms with Gasteiger partial charge in [-0.1, -0.05) is 18.2 Å². The lowest BCUT2D eigenvalue weighted by Crippen LogP contribution is -2.47. The van der Waals surface area contributed by atoms with Crippen LogP contribution < -0.4 is 10.1 Å². The van der Waals surface area contributed by atoms with Crippen molar-refractivity contribution in [1.29, 1.82) is 0 Å². The zero-order valence-electron chi connectivity index (χ0n) is 9.88. The Hall–Kier alpha value is -0.440. The molecule has 1 unspecified atom stereocenters. The molecule has 2 rings (SSSR count). The van der Waals surface area contributed by atoms with Crippen molar-refractivity contribution in [3.05, 3.63) is 29.8 Å². The Morgan fingerprint density at radius 3 is 2.76 bits per heavy atom. The van der Waals surface area contributed by atoms with Gasteiger partial charge < -0.3 is 10.1 Å². The van der Waals surface area contributed by atoms with Crippen molar-refractivity contribution in [2.45, 2.75) is 18.4 Å². The van der Waals surface area contributed by atoms with Crippen LogP contribution in [0.5, 0.6) is 5.75 Å². The molecule has 1 aromatic rings. The summed E-state index contributed by atoms with van der Waals surface area (Å²) in [5.41, 5.74) is 1.06. The second-order valence-electron chi connectivity index (χ2n) is 4.75. The second kappa shape index (κ2) is 5.47. The number of alkyl halides is 2. The van der Waals surface area contributed by atoms with E-state index in [0.717, 1.165) is 18.9 Å². The van der Waals surface area contributed by atoms with Gasteiger partial charge in [0, 0.05) is 35.3 Å². The summed E-state index contributed by atoms with van der Waals surface area (Å²) in [7, 11) is 0. The van der Waals surface area contributed by atoms with Crippen LogP contribution in [0.15, 0.2) is 24.3 Å². The largest absolute Gasteiger partial charge is 0.493 e. The van der Waals surface area contributed by atoms with Crippen LogP contribution in [0.4, 0.5) is 0 Å². The Bertz CT molecular complexity index is 379. The molecule has 0 saturated heterocycles. The molecule has 1 N–H and O–H groups in total. The minimum Gasteiger partial charge on any atom is -0.493 e. The SMILES string of the molecule is CC(CCl)(CCl)NCC1COc2ccccc21. The molecule has 0 amide bonds. The van der Waals surface area contributed by atoms with Crippen LogP contribution in [-0.2, 0) is 0 Å². The first-order valence-corrected chi connectivity index (χ1v) is 6.84. The fourth-order valence-corrected chi connectivity index (χ4v) is 2.37. The summed E-state index contributed by atoms with van der Waals surface area (Å²) in [6, 6.07) is 8.17. The highest BCUT2D eigenvalue weighted by Crippen LogP contribution is 2.33. The first-order valence-electron chi connectivity index (χ1n) is 5.77. The Balaban J connectivity index is 1.98. The van der Waals surface area contributed by atoms with Gasteiger partial charge in [0.05, 0.1) is 6.61 Å². The molecule has 0 saturated carbocycles. The van der Waals surface area contributed by atoms with Crippen LogP contribution in [0.25, 0.3) is 0 Å². The van der Waals surface area contributed by atoms with E-state index in [4.69, 9.17) is 27.9 Å². The molecule has 0 bridgehead atoms. The molecule has 17 heavy (non-hydrogen) atoms. The van der Waals surface area contributed by atoms with Gasteiger partial charge in [0.1, 0.15) is 5.75 Å². The van der Waals surface area contributed by atoms with E-state index in [0.29, 0.717) is 17.7 Å². The molecule has 1 aromatic carbocycles. The molecule has 94 valence electrons. The summed E-state index contributed by atoms with van der Waals surface area (Å²) >= 11 is 11.8. The topological polar surface area (TPSA) is 21.3 Å². The van der Waals surface area contributed by atoms with Gasteiger partial charge in [-0.15, -0.1) is 23.2 Å². The van der Waals surface area contributed by atoms with Crippen molar-refractivity contribution in [2.24, 2.45) is 0 Å². The van der Waals surface area contributed by atoms with E-state index in [1.165, 1.54) is 5.56 Å². The Morgan fingerprint density at radius 2 is 2.06 bits per heavy atom. The highest BCUT2D eigenvalue weighted by molar-refractivity contribution is 6.22. The van der Waals surface area contributed by atoms with Gasteiger partial charge in [0.2, 0.25) is 0 Å². The van der Waals surface area contributed by atoms with Crippen molar-refractivity contribution in [3.63, 3.8) is 0 Å². The first-order chi connectivity index (χ1) is 8.18. The van der Waals surface area contributed by atoms with E-state index < -0.39 is 0 Å². The maximum Gasteiger partial charge on any atom is 0.122 e. The highest BCUT2D eigenvalue weighted by atomic mass is 35.5. The van der Waals surface area contributed by atoms with E-state index >= 15 is 0 Å². The summed E-state index contributed by atoms with van der Waals surface area (Å²) in [4.78, 5) is 0. The molecule has 1 atom stereocenters. The predicted octanol–water partition coefficient (Wildman–Crippen LogP) is 2.99. The standard InChI is InChI=1S/C13H17Cl2NO/c1-13(8-14,9-15)16-6-10-7-17-12-5-3-2-4-11(10)12/h2-5,10,16H,6-9H2,1H3. The number of nitrogens with one attached hydrogen (secondary N) is 1. The monoisotopic (exact) mass is 273 g/mol. The minimum absolute atomic E-state index is 0.208. The van der Waals surface area contributed by atoms with Gasteiger partial charge in [-0.05, 0) is 13.0 Å². The van der Waals surface area contributed by atoms with Gasteiger partial charge in [-0.3, -0.25) is 0 Å². The van der Waals surface area contributed by atoms with Crippen molar-refractivity contribution >= 4 is 23.2 Å². The number of hydrogen-bond acceptors (Lipinski definition) is 2. The molecular formula is C13H17Cl2NO. The molecule has 4 heteroatoms. The van der Waals surface area contributed by atoms with Gasteiger partial charge >= 0.3 is 0 Å². The van der Waals surface area contributed by atoms with E-state index in [-0.39, 0.29) is 5.54 Å². The quantitative estimate of drug-likeness (QED) is 0.833. The Kier molecular flexibility index (Phi) is 4.18. The molecule has 0 spiro atoms. The lowest BCUT2D eigenvalue weighted by molar-refractivity contribution is 0.314. The van der Waals surface area contributed by atoms with Gasteiger partial charge in [0.15, 0.2) is 0 Å². The number of halogens is 2. The lowest BCUT2D eigenvalue weighted by atomic mass is 9.99. The van der Waals surface area contributed by atoms with E-state index in [1.807, 2.05) is 25.1 Å². The summed E-state index contributed by atoms with van der Waals surface area (Å²) in [6.45, 7) is 3.61. The molecular weight excluding hydrogens is 257 g/mol. The molecule has 0 aliphatic carbocycles. The summed E-state index contributed by atoms with van der Waals surface area (Å²) in [5, 5.41) is 3.43. The smallest absolute Gasteiger partial charge is 0.122 e. The maximum atomic E-state index is 5.92. The highest BCUT2D eigenvalue weighted by Gasteiger charge is 2.27. The van der Waals surface area contributed by atoms with Crippen molar-refractivity contribution in [1.82, 2.24) is 5.32 Å². The predicted molar refractivity (Wildman–Crippen MR) is 72.5 cm³/mol. The normalized spacial score (nSPS) is 18.9. The fourth-order valence-electron chi connectivity index (χ4n) is 1.90. The second-order valence-corrected chi connectivity index (χ2v) is 5.29. The van der Waals surface area contributed by atoms with E-state index in [9.17, 15) is 0 Å². The molecule has 1 aliphatic rings. The summed E-state index contributed by atoms with van der Waals surface area (Å²) in [6.07, 6.45) is 0. The summed E-state index contributed by atoms with van der Waals surface area (Å²) < 4.78 is 5.64. The van der Waals surface area contributed by atoms with Crippen LogP contribution in [0.1, 0.15) is 18.4 Å². The number of rotatable bonds is 5. The Labute approximate surface area is 112 Å².